The van der Waals surface area contributed by atoms with E-state index >= 15 is 0 Å². The van der Waals surface area contributed by atoms with Crippen molar-refractivity contribution >= 4 is 5.91 Å². The van der Waals surface area contributed by atoms with Gasteiger partial charge in [-0.3, -0.25) is 4.79 Å². The van der Waals surface area contributed by atoms with Gasteiger partial charge in [-0.15, -0.1) is 0 Å². The summed E-state index contributed by atoms with van der Waals surface area (Å²) in [6, 6.07) is 9.37. The van der Waals surface area contributed by atoms with E-state index < -0.39 is 12.2 Å². The number of nitrogens with zero attached hydrogens (tertiary/aromatic N) is 1. The van der Waals surface area contributed by atoms with Gasteiger partial charge in [0, 0.05) is 20.2 Å². The number of ether oxygens (including phenoxy) is 1. The Morgan fingerprint density at radius 1 is 1.35 bits per heavy atom. The Balaban J connectivity index is 1.76. The topological polar surface area (TPSA) is 61.8 Å². The molecule has 23 heavy (non-hydrogen) atoms. The van der Waals surface area contributed by atoms with Crippen LogP contribution in [0.15, 0.2) is 30.3 Å². The second-order valence-electron chi connectivity index (χ2n) is 6.41. The molecule has 1 amide bonds. The van der Waals surface area contributed by atoms with Gasteiger partial charge in [0.15, 0.2) is 6.10 Å². The summed E-state index contributed by atoms with van der Waals surface area (Å²) in [5.41, 5.74) is 0.812. The highest BCUT2D eigenvalue weighted by atomic mass is 16.5. The summed E-state index contributed by atoms with van der Waals surface area (Å²) >= 11 is 0. The molecule has 2 N–H and O–H groups in total. The summed E-state index contributed by atoms with van der Waals surface area (Å²) in [4.78, 5) is 14.5. The predicted molar refractivity (Wildman–Crippen MR) is 90.0 cm³/mol. The number of nitrogens with one attached hydrogen (secondary N) is 1. The number of carbonyl (C=O) groups excluding carboxylic acids is 1. The molecule has 1 saturated heterocycles. The van der Waals surface area contributed by atoms with E-state index in [0.29, 0.717) is 6.54 Å². The molecule has 5 nitrogen and oxygen atoms in total. The normalized spacial score (nSPS) is 19.3. The third kappa shape index (κ3) is 5.61. The number of methoxy groups -OCH3 is 1. The molecule has 1 fully saturated rings. The fourth-order valence-electron chi connectivity index (χ4n) is 2.94. The number of hydrogen-bond acceptors (Lipinski definition) is 4. The highest BCUT2D eigenvalue weighted by molar-refractivity contribution is 5.82. The number of β-amino-alcohol motifs (C(OH)–C–C–N with tert-alkyl or cyclic N) is 1. The van der Waals surface area contributed by atoms with Crippen molar-refractivity contribution in [2.45, 2.75) is 32.0 Å². The van der Waals surface area contributed by atoms with Crippen LogP contribution in [0.4, 0.5) is 0 Å². The highest BCUT2D eigenvalue weighted by Gasteiger charge is 2.22. The Kier molecular flexibility index (Phi) is 7.02. The maximum atomic E-state index is 12.3. The van der Waals surface area contributed by atoms with Gasteiger partial charge in [0.05, 0.1) is 6.10 Å². The van der Waals surface area contributed by atoms with Crippen LogP contribution in [0.1, 0.15) is 31.4 Å². The third-order valence-electron chi connectivity index (χ3n) is 4.43. The number of amides is 1. The van der Waals surface area contributed by atoms with Gasteiger partial charge in [-0.05, 0) is 37.4 Å². The highest BCUT2D eigenvalue weighted by Crippen LogP contribution is 2.17. The Bertz CT molecular complexity index is 472. The quantitative estimate of drug-likeness (QED) is 0.801. The van der Waals surface area contributed by atoms with Crippen LogP contribution in [0.2, 0.25) is 0 Å². The van der Waals surface area contributed by atoms with Gasteiger partial charge in [0.25, 0.3) is 5.91 Å². The number of hydrogen-bond donors (Lipinski definition) is 2. The molecule has 2 atom stereocenters. The van der Waals surface area contributed by atoms with Gasteiger partial charge in [-0.2, -0.15) is 0 Å². The fraction of sp³-hybridized carbons (Fsp3) is 0.611. The second-order valence-corrected chi connectivity index (χ2v) is 6.41. The van der Waals surface area contributed by atoms with E-state index in [-0.39, 0.29) is 12.5 Å². The molecular weight excluding hydrogens is 292 g/mol. The van der Waals surface area contributed by atoms with Crippen molar-refractivity contribution in [1.82, 2.24) is 10.2 Å². The van der Waals surface area contributed by atoms with E-state index in [1.807, 2.05) is 30.3 Å². The fourth-order valence-corrected chi connectivity index (χ4v) is 2.94. The van der Waals surface area contributed by atoms with Crippen LogP contribution < -0.4 is 5.32 Å². The van der Waals surface area contributed by atoms with E-state index in [9.17, 15) is 9.90 Å². The minimum absolute atomic E-state index is 0.218. The molecule has 1 heterocycles. The van der Waals surface area contributed by atoms with Crippen molar-refractivity contribution in [2.24, 2.45) is 5.92 Å². The Hall–Kier alpha value is -1.43. The zero-order valence-corrected chi connectivity index (χ0v) is 14.1. The van der Waals surface area contributed by atoms with E-state index in [1.54, 1.807) is 0 Å². The largest absolute Gasteiger partial charge is 0.390 e. The lowest BCUT2D eigenvalue weighted by molar-refractivity contribution is -0.132. The molecule has 128 valence electrons. The van der Waals surface area contributed by atoms with Crippen molar-refractivity contribution < 1.29 is 14.6 Å². The summed E-state index contributed by atoms with van der Waals surface area (Å²) in [7, 11) is 1.52. The average Bonchev–Trinajstić information content (AvgIpc) is 2.57. The molecule has 0 bridgehead atoms. The standard InChI is InChI=1S/C18H28N2O3/c1-14-8-10-20(11-9-14)13-16(21)12-19-18(22)17(23-2)15-6-4-3-5-7-15/h3-7,14,16-17,21H,8-13H2,1-2H3,(H,19,22). The van der Waals surface area contributed by atoms with E-state index in [4.69, 9.17) is 4.74 Å². The molecule has 1 aliphatic rings. The lowest BCUT2D eigenvalue weighted by Crippen LogP contribution is -2.44. The first-order valence-electron chi connectivity index (χ1n) is 8.36. The number of likely N-dealkylation sites (tertiary alicyclic amines) is 1. The van der Waals surface area contributed by atoms with Gasteiger partial charge in [-0.1, -0.05) is 37.3 Å². The minimum Gasteiger partial charge on any atom is -0.390 e. The number of piperidine rings is 1. The molecular formula is C18H28N2O3. The Labute approximate surface area is 138 Å². The van der Waals surface area contributed by atoms with Crippen molar-refractivity contribution in [3.05, 3.63) is 35.9 Å². The average molecular weight is 320 g/mol. The van der Waals surface area contributed by atoms with Crippen LogP contribution in [0.3, 0.4) is 0 Å². The lowest BCUT2D eigenvalue weighted by Gasteiger charge is -2.31. The Morgan fingerprint density at radius 2 is 2.00 bits per heavy atom. The summed E-state index contributed by atoms with van der Waals surface area (Å²) < 4.78 is 5.29. The van der Waals surface area contributed by atoms with Crippen LogP contribution in [0.5, 0.6) is 0 Å². The summed E-state index contributed by atoms with van der Waals surface area (Å²) in [6.07, 6.45) is 1.16. The zero-order valence-electron chi connectivity index (χ0n) is 14.1. The van der Waals surface area contributed by atoms with Gasteiger partial charge in [0.1, 0.15) is 0 Å². The van der Waals surface area contributed by atoms with Crippen LogP contribution in [0.25, 0.3) is 0 Å². The van der Waals surface area contributed by atoms with E-state index in [0.717, 1.165) is 24.6 Å². The first-order chi connectivity index (χ1) is 11.1. The maximum Gasteiger partial charge on any atom is 0.253 e. The van der Waals surface area contributed by atoms with Gasteiger partial charge in [-0.25, -0.2) is 0 Å². The summed E-state index contributed by atoms with van der Waals surface area (Å²) in [5.74, 6) is 0.557. The van der Waals surface area contributed by atoms with Crippen molar-refractivity contribution in [2.75, 3.05) is 33.3 Å². The van der Waals surface area contributed by atoms with Crippen LogP contribution in [-0.4, -0.2) is 55.3 Å². The number of aliphatic hydroxyl groups is 1. The molecule has 5 heteroatoms. The number of benzene rings is 1. The molecule has 2 rings (SSSR count). The van der Waals surface area contributed by atoms with Crippen LogP contribution in [0, 0.1) is 5.92 Å². The van der Waals surface area contributed by atoms with Crippen molar-refractivity contribution in [3.63, 3.8) is 0 Å². The molecule has 0 saturated carbocycles. The number of rotatable bonds is 7. The first-order valence-corrected chi connectivity index (χ1v) is 8.36. The number of carbonyl (C=O) groups is 1. The Morgan fingerprint density at radius 3 is 2.61 bits per heavy atom. The van der Waals surface area contributed by atoms with Gasteiger partial charge < -0.3 is 20.1 Å². The number of aliphatic hydroxyl groups excluding tert-OH is 1. The summed E-state index contributed by atoms with van der Waals surface area (Å²) in [6.45, 7) is 5.17. The van der Waals surface area contributed by atoms with Crippen LogP contribution in [-0.2, 0) is 9.53 Å². The monoisotopic (exact) mass is 320 g/mol. The van der Waals surface area contributed by atoms with Crippen molar-refractivity contribution in [1.29, 1.82) is 0 Å². The minimum atomic E-state index is -0.640. The lowest BCUT2D eigenvalue weighted by atomic mass is 9.99. The summed E-state index contributed by atoms with van der Waals surface area (Å²) in [5, 5.41) is 12.9. The van der Waals surface area contributed by atoms with E-state index in [2.05, 4.69) is 17.1 Å². The van der Waals surface area contributed by atoms with Gasteiger partial charge in [0.2, 0.25) is 0 Å². The van der Waals surface area contributed by atoms with E-state index in [1.165, 1.54) is 20.0 Å². The SMILES string of the molecule is COC(C(=O)NCC(O)CN1CCC(C)CC1)c1ccccc1. The van der Waals surface area contributed by atoms with Crippen LogP contribution >= 0.6 is 0 Å². The predicted octanol–water partition coefficient (Wildman–Crippen LogP) is 1.58. The molecule has 0 aliphatic carbocycles. The third-order valence-corrected chi connectivity index (χ3v) is 4.43. The molecule has 0 aromatic heterocycles. The molecule has 2 unspecified atom stereocenters. The zero-order chi connectivity index (χ0) is 16.7. The molecule has 1 aliphatic heterocycles. The van der Waals surface area contributed by atoms with Gasteiger partial charge >= 0.3 is 0 Å². The van der Waals surface area contributed by atoms with Crippen molar-refractivity contribution in [3.8, 4) is 0 Å². The maximum absolute atomic E-state index is 12.3. The molecule has 1 aromatic carbocycles. The first kappa shape index (κ1) is 17.9. The molecule has 0 spiro atoms. The molecule has 0 radical (unpaired) electrons. The molecule has 1 aromatic rings. The smallest absolute Gasteiger partial charge is 0.253 e. The second kappa shape index (κ2) is 9.01.